The predicted molar refractivity (Wildman–Crippen MR) is 56.6 cm³/mol. The molecule has 1 aliphatic rings. The molecule has 2 rings (SSSR count). The van der Waals surface area contributed by atoms with Crippen LogP contribution < -0.4 is 5.73 Å². The summed E-state index contributed by atoms with van der Waals surface area (Å²) in [6, 6.07) is 5.91. The van der Waals surface area contributed by atoms with E-state index < -0.39 is 0 Å². The van der Waals surface area contributed by atoms with Crippen LogP contribution in [0.3, 0.4) is 0 Å². The fraction of sp³-hybridized carbons (Fsp3) is 0.364. The van der Waals surface area contributed by atoms with Crippen LogP contribution in [0.1, 0.15) is 26.3 Å². The van der Waals surface area contributed by atoms with Crippen molar-refractivity contribution in [1.29, 1.82) is 0 Å². The maximum atomic E-state index is 5.75. The van der Waals surface area contributed by atoms with Crippen LogP contribution in [0.2, 0.25) is 0 Å². The average Bonchev–Trinajstić information content (AvgIpc) is 2.27. The number of anilines is 1. The summed E-state index contributed by atoms with van der Waals surface area (Å²) < 4.78 is 0. The standard InChI is InChI=1S/C11H14N2/c1-7-11(2,3)9-6-8(12)4-5-10(9)13-7/h4-6H,12H2,1-3H3. The SMILES string of the molecule is CC1=Nc2ccc(N)cc2C1(C)C. The molecule has 0 unspecified atom stereocenters. The monoisotopic (exact) mass is 174 g/mol. The van der Waals surface area contributed by atoms with E-state index in [4.69, 9.17) is 5.73 Å². The molecule has 0 radical (unpaired) electrons. The van der Waals surface area contributed by atoms with Gasteiger partial charge in [0.05, 0.1) is 5.69 Å². The van der Waals surface area contributed by atoms with Gasteiger partial charge < -0.3 is 5.73 Å². The number of hydrogen-bond acceptors (Lipinski definition) is 2. The van der Waals surface area contributed by atoms with Crippen molar-refractivity contribution in [3.63, 3.8) is 0 Å². The van der Waals surface area contributed by atoms with Gasteiger partial charge in [-0.25, -0.2) is 0 Å². The summed E-state index contributed by atoms with van der Waals surface area (Å²) in [7, 11) is 0. The topological polar surface area (TPSA) is 38.4 Å². The van der Waals surface area contributed by atoms with Crippen LogP contribution in [0.5, 0.6) is 0 Å². The number of benzene rings is 1. The number of fused-ring (bicyclic) bond motifs is 1. The Bertz CT molecular complexity index is 389. The van der Waals surface area contributed by atoms with Crippen molar-refractivity contribution in [3.8, 4) is 0 Å². The number of aliphatic imine (C=N–C) groups is 1. The molecule has 1 heterocycles. The van der Waals surface area contributed by atoms with E-state index in [9.17, 15) is 0 Å². The molecule has 0 aromatic heterocycles. The Morgan fingerprint density at radius 3 is 2.69 bits per heavy atom. The molecule has 1 aliphatic heterocycles. The van der Waals surface area contributed by atoms with E-state index in [0.29, 0.717) is 0 Å². The third kappa shape index (κ3) is 1.05. The van der Waals surface area contributed by atoms with Crippen molar-refractivity contribution in [3.05, 3.63) is 23.8 Å². The Balaban J connectivity index is 2.65. The highest BCUT2D eigenvalue weighted by atomic mass is 14.8. The van der Waals surface area contributed by atoms with E-state index in [1.54, 1.807) is 0 Å². The number of rotatable bonds is 0. The van der Waals surface area contributed by atoms with Crippen LogP contribution in [-0.4, -0.2) is 5.71 Å². The molecule has 0 atom stereocenters. The van der Waals surface area contributed by atoms with Gasteiger partial charge in [-0.2, -0.15) is 0 Å². The van der Waals surface area contributed by atoms with Gasteiger partial charge in [-0.1, -0.05) is 13.8 Å². The van der Waals surface area contributed by atoms with Gasteiger partial charge in [-0.3, -0.25) is 4.99 Å². The lowest BCUT2D eigenvalue weighted by Crippen LogP contribution is -2.22. The maximum Gasteiger partial charge on any atom is 0.0672 e. The van der Waals surface area contributed by atoms with E-state index >= 15 is 0 Å². The lowest BCUT2D eigenvalue weighted by Gasteiger charge is -2.19. The molecule has 0 bridgehead atoms. The van der Waals surface area contributed by atoms with Crippen molar-refractivity contribution < 1.29 is 0 Å². The predicted octanol–water partition coefficient (Wildman–Crippen LogP) is 2.65. The molecule has 0 saturated heterocycles. The smallest absolute Gasteiger partial charge is 0.0672 e. The summed E-state index contributed by atoms with van der Waals surface area (Å²) >= 11 is 0. The second-order valence-corrected chi connectivity index (χ2v) is 4.10. The van der Waals surface area contributed by atoms with E-state index in [1.165, 1.54) is 5.56 Å². The fourth-order valence-electron chi connectivity index (χ4n) is 1.67. The third-order valence-corrected chi connectivity index (χ3v) is 2.89. The molecular weight excluding hydrogens is 160 g/mol. The molecular formula is C11H14N2. The Morgan fingerprint density at radius 1 is 1.31 bits per heavy atom. The van der Waals surface area contributed by atoms with Crippen LogP contribution >= 0.6 is 0 Å². The Hall–Kier alpha value is -1.31. The number of nitrogen functional groups attached to an aromatic ring is 1. The number of nitrogens with two attached hydrogens (primary N) is 1. The summed E-state index contributed by atoms with van der Waals surface area (Å²) in [5, 5.41) is 0. The van der Waals surface area contributed by atoms with Gasteiger partial charge >= 0.3 is 0 Å². The van der Waals surface area contributed by atoms with E-state index in [1.807, 2.05) is 18.2 Å². The zero-order valence-electron chi connectivity index (χ0n) is 8.26. The quantitative estimate of drug-likeness (QED) is 0.603. The largest absolute Gasteiger partial charge is 0.399 e. The second-order valence-electron chi connectivity index (χ2n) is 4.10. The van der Waals surface area contributed by atoms with Crippen molar-refractivity contribution in [1.82, 2.24) is 0 Å². The summed E-state index contributed by atoms with van der Waals surface area (Å²) in [5.41, 5.74) is 10.1. The first-order valence-electron chi connectivity index (χ1n) is 4.47. The maximum absolute atomic E-state index is 5.75. The second kappa shape index (κ2) is 2.34. The molecule has 13 heavy (non-hydrogen) atoms. The minimum Gasteiger partial charge on any atom is -0.399 e. The van der Waals surface area contributed by atoms with Gasteiger partial charge in [-0.05, 0) is 30.7 Å². The average molecular weight is 174 g/mol. The van der Waals surface area contributed by atoms with E-state index in [2.05, 4.69) is 25.8 Å². The molecule has 2 N–H and O–H groups in total. The number of hydrogen-bond donors (Lipinski definition) is 1. The first-order valence-corrected chi connectivity index (χ1v) is 4.47. The molecule has 0 fully saturated rings. The summed E-state index contributed by atoms with van der Waals surface area (Å²) in [6.45, 7) is 6.42. The zero-order chi connectivity index (χ0) is 9.64. The molecule has 0 spiro atoms. The van der Waals surface area contributed by atoms with Crippen molar-refractivity contribution in [2.24, 2.45) is 4.99 Å². The molecule has 0 aliphatic carbocycles. The first kappa shape index (κ1) is 8.30. The fourth-order valence-corrected chi connectivity index (χ4v) is 1.67. The van der Waals surface area contributed by atoms with Gasteiger partial charge in [0.2, 0.25) is 0 Å². The number of nitrogens with zero attached hydrogens (tertiary/aromatic N) is 1. The van der Waals surface area contributed by atoms with Crippen LogP contribution in [-0.2, 0) is 5.41 Å². The summed E-state index contributed by atoms with van der Waals surface area (Å²) in [6.07, 6.45) is 0. The third-order valence-electron chi connectivity index (χ3n) is 2.89. The van der Waals surface area contributed by atoms with Gasteiger partial charge in [0, 0.05) is 16.8 Å². The Morgan fingerprint density at radius 2 is 2.00 bits per heavy atom. The minimum atomic E-state index is 0.0463. The van der Waals surface area contributed by atoms with E-state index in [-0.39, 0.29) is 5.41 Å². The van der Waals surface area contributed by atoms with Gasteiger partial charge in [-0.15, -0.1) is 0 Å². The van der Waals surface area contributed by atoms with Crippen molar-refractivity contribution in [2.45, 2.75) is 26.2 Å². The van der Waals surface area contributed by atoms with Crippen LogP contribution in [0.15, 0.2) is 23.2 Å². The highest BCUT2D eigenvalue weighted by Gasteiger charge is 2.31. The molecule has 0 saturated carbocycles. The van der Waals surface area contributed by atoms with Gasteiger partial charge in [0.1, 0.15) is 0 Å². The highest BCUT2D eigenvalue weighted by molar-refractivity contribution is 5.99. The molecule has 68 valence electrons. The molecule has 0 amide bonds. The van der Waals surface area contributed by atoms with Crippen LogP contribution in [0.4, 0.5) is 11.4 Å². The zero-order valence-corrected chi connectivity index (χ0v) is 8.26. The van der Waals surface area contributed by atoms with Crippen LogP contribution in [0, 0.1) is 0 Å². The van der Waals surface area contributed by atoms with Gasteiger partial charge in [0.25, 0.3) is 0 Å². The Kier molecular flexibility index (Phi) is 1.50. The highest BCUT2D eigenvalue weighted by Crippen LogP contribution is 2.40. The van der Waals surface area contributed by atoms with Crippen molar-refractivity contribution in [2.75, 3.05) is 5.73 Å². The first-order chi connectivity index (χ1) is 6.01. The van der Waals surface area contributed by atoms with Crippen molar-refractivity contribution >= 4 is 17.1 Å². The normalized spacial score (nSPS) is 18.2. The summed E-state index contributed by atoms with van der Waals surface area (Å²) in [4.78, 5) is 4.51. The van der Waals surface area contributed by atoms with Crippen LogP contribution in [0.25, 0.3) is 0 Å². The lowest BCUT2D eigenvalue weighted by atomic mass is 9.82. The Labute approximate surface area is 78.5 Å². The lowest BCUT2D eigenvalue weighted by molar-refractivity contribution is 0.733. The molecule has 1 aromatic carbocycles. The molecule has 1 aromatic rings. The summed E-state index contributed by atoms with van der Waals surface area (Å²) in [5.74, 6) is 0. The van der Waals surface area contributed by atoms with E-state index in [0.717, 1.165) is 17.1 Å². The molecule has 2 nitrogen and oxygen atoms in total. The van der Waals surface area contributed by atoms with Gasteiger partial charge in [0.15, 0.2) is 0 Å². The minimum absolute atomic E-state index is 0.0463. The molecule has 2 heteroatoms.